The number of halogens is 2. The highest BCUT2D eigenvalue weighted by Gasteiger charge is 2.37. The highest BCUT2D eigenvalue weighted by molar-refractivity contribution is 6.31. The van der Waals surface area contributed by atoms with Crippen molar-refractivity contribution in [1.29, 1.82) is 0 Å². The number of carbonyl (C=O) groups is 1. The van der Waals surface area contributed by atoms with Crippen LogP contribution in [0.3, 0.4) is 0 Å². The summed E-state index contributed by atoms with van der Waals surface area (Å²) in [4.78, 5) is 14.7. The minimum atomic E-state index is -1.03. The monoisotopic (exact) mass is 405 g/mol. The molecule has 1 aliphatic rings. The van der Waals surface area contributed by atoms with Gasteiger partial charge in [0, 0.05) is 10.6 Å². The highest BCUT2D eigenvalue weighted by Crippen LogP contribution is 2.38. The molecule has 1 heterocycles. The molecule has 28 heavy (non-hydrogen) atoms. The summed E-state index contributed by atoms with van der Waals surface area (Å²) in [7, 11) is 0. The van der Waals surface area contributed by atoms with Crippen LogP contribution in [0.5, 0.6) is 0 Å². The average molecular weight is 406 g/mol. The number of carbonyl (C=O) groups excluding carboxylic acids is 1. The van der Waals surface area contributed by atoms with Gasteiger partial charge in [0.1, 0.15) is 5.82 Å². The first-order valence-electron chi connectivity index (χ1n) is 9.34. The maximum atomic E-state index is 14.1. The number of nitrogens with zero attached hydrogens (tertiary/aromatic N) is 1. The predicted octanol–water partition coefficient (Wildman–Crippen LogP) is 3.76. The van der Waals surface area contributed by atoms with Crippen LogP contribution in [0, 0.1) is 5.82 Å². The fourth-order valence-corrected chi connectivity index (χ4v) is 4.34. The van der Waals surface area contributed by atoms with Crippen molar-refractivity contribution < 1.29 is 19.4 Å². The molecule has 3 rings (SSSR count). The fraction of sp³-hybridized carbons (Fsp3) is 0.409. The molecular formula is C22H25ClFNO3. The molecule has 0 spiro atoms. The zero-order valence-corrected chi connectivity index (χ0v) is 17.0. The van der Waals surface area contributed by atoms with Crippen LogP contribution >= 0.6 is 11.6 Å². The van der Waals surface area contributed by atoms with Gasteiger partial charge >= 0.3 is 0 Å². The van der Waals surface area contributed by atoms with Crippen LogP contribution in [0.1, 0.15) is 49.1 Å². The third kappa shape index (κ3) is 3.79. The van der Waals surface area contributed by atoms with Crippen molar-refractivity contribution in [2.75, 3.05) is 6.61 Å². The van der Waals surface area contributed by atoms with Gasteiger partial charge in [0.2, 0.25) is 5.91 Å². The second-order valence-electron chi connectivity index (χ2n) is 7.83. The molecule has 2 N–H and O–H groups in total. The van der Waals surface area contributed by atoms with Gasteiger partial charge in [0.05, 0.1) is 30.7 Å². The zero-order valence-electron chi connectivity index (χ0n) is 16.2. The van der Waals surface area contributed by atoms with Crippen LogP contribution in [0.2, 0.25) is 5.02 Å². The Bertz CT molecular complexity index is 874. The largest absolute Gasteiger partial charge is 0.394 e. The van der Waals surface area contributed by atoms with Crippen molar-refractivity contribution in [2.45, 2.75) is 51.3 Å². The first-order chi connectivity index (χ1) is 13.1. The Morgan fingerprint density at radius 3 is 2.57 bits per heavy atom. The first-order valence-corrected chi connectivity index (χ1v) is 9.72. The molecule has 0 saturated carbocycles. The lowest BCUT2D eigenvalue weighted by atomic mass is 9.81. The second-order valence-corrected chi connectivity index (χ2v) is 8.23. The van der Waals surface area contributed by atoms with Gasteiger partial charge in [0.15, 0.2) is 0 Å². The van der Waals surface area contributed by atoms with Crippen LogP contribution in [0.25, 0.3) is 0 Å². The zero-order chi connectivity index (χ0) is 20.6. The van der Waals surface area contributed by atoms with E-state index in [1.165, 1.54) is 12.1 Å². The Morgan fingerprint density at radius 1 is 1.29 bits per heavy atom. The van der Waals surface area contributed by atoms with Gasteiger partial charge in [-0.25, -0.2) is 4.39 Å². The minimum absolute atomic E-state index is 0.161. The van der Waals surface area contributed by atoms with Crippen LogP contribution in [-0.4, -0.2) is 33.7 Å². The molecular weight excluding hydrogens is 381 g/mol. The Hall–Kier alpha value is -1.95. The van der Waals surface area contributed by atoms with E-state index < -0.39 is 17.5 Å². The van der Waals surface area contributed by atoms with Gasteiger partial charge in [-0.15, -0.1) is 0 Å². The number of amides is 1. The summed E-state index contributed by atoms with van der Waals surface area (Å²) in [6.45, 7) is 5.11. The average Bonchev–Trinajstić information content (AvgIpc) is 2.63. The number of aliphatic hydroxyl groups is 2. The summed E-state index contributed by atoms with van der Waals surface area (Å²) < 4.78 is 14.1. The molecule has 0 aromatic heterocycles. The third-order valence-corrected chi connectivity index (χ3v) is 5.81. The van der Waals surface area contributed by atoms with E-state index in [4.69, 9.17) is 11.6 Å². The molecule has 0 saturated heterocycles. The summed E-state index contributed by atoms with van der Waals surface area (Å²) in [5.41, 5.74) is 1.80. The maximum Gasteiger partial charge on any atom is 0.228 e. The van der Waals surface area contributed by atoms with E-state index in [1.54, 1.807) is 24.8 Å². The fourth-order valence-electron chi connectivity index (χ4n) is 4.11. The van der Waals surface area contributed by atoms with E-state index >= 15 is 0 Å². The Morgan fingerprint density at radius 2 is 1.96 bits per heavy atom. The minimum Gasteiger partial charge on any atom is -0.394 e. The molecule has 150 valence electrons. The SMILES string of the molecule is C[C@H]1c2cccc(C(C)(C)O)c2C[C@H](CO)N1C(=O)Cc1c(F)cccc1Cl. The Labute approximate surface area is 169 Å². The third-order valence-electron chi connectivity index (χ3n) is 5.46. The Kier molecular flexibility index (Phi) is 5.80. The van der Waals surface area contributed by atoms with E-state index in [0.717, 1.165) is 16.7 Å². The van der Waals surface area contributed by atoms with Crippen LogP contribution in [-0.2, 0) is 23.2 Å². The maximum absolute atomic E-state index is 14.1. The van der Waals surface area contributed by atoms with Gasteiger partial charge < -0.3 is 15.1 Å². The predicted molar refractivity (Wildman–Crippen MR) is 107 cm³/mol. The van der Waals surface area contributed by atoms with Gasteiger partial charge in [-0.05, 0) is 56.0 Å². The molecule has 0 bridgehead atoms. The highest BCUT2D eigenvalue weighted by atomic mass is 35.5. The lowest BCUT2D eigenvalue weighted by Crippen LogP contribution is -2.49. The van der Waals surface area contributed by atoms with Gasteiger partial charge in [0.25, 0.3) is 0 Å². The molecule has 0 radical (unpaired) electrons. The summed E-state index contributed by atoms with van der Waals surface area (Å²) in [6, 6.07) is 9.23. The molecule has 1 amide bonds. The number of fused-ring (bicyclic) bond motifs is 1. The quantitative estimate of drug-likeness (QED) is 0.814. The summed E-state index contributed by atoms with van der Waals surface area (Å²) in [5.74, 6) is -0.811. The molecule has 4 nitrogen and oxygen atoms in total. The number of hydrogen-bond acceptors (Lipinski definition) is 3. The van der Waals surface area contributed by atoms with Crippen molar-refractivity contribution in [3.8, 4) is 0 Å². The normalized spacial score (nSPS) is 19.5. The molecule has 0 unspecified atom stereocenters. The van der Waals surface area contributed by atoms with Gasteiger partial charge in [-0.2, -0.15) is 0 Å². The van der Waals surface area contributed by atoms with Gasteiger partial charge in [-0.1, -0.05) is 35.9 Å². The molecule has 2 aromatic rings. The topological polar surface area (TPSA) is 60.8 Å². The lowest BCUT2D eigenvalue weighted by Gasteiger charge is -2.43. The first kappa shape index (κ1) is 20.8. The van der Waals surface area contributed by atoms with E-state index in [-0.39, 0.29) is 35.6 Å². The van der Waals surface area contributed by atoms with Crippen molar-refractivity contribution in [2.24, 2.45) is 0 Å². The van der Waals surface area contributed by atoms with E-state index in [9.17, 15) is 19.4 Å². The van der Waals surface area contributed by atoms with Crippen molar-refractivity contribution >= 4 is 17.5 Å². The van der Waals surface area contributed by atoms with Crippen LogP contribution < -0.4 is 0 Å². The molecule has 6 heteroatoms. The second kappa shape index (κ2) is 7.82. The van der Waals surface area contributed by atoms with Gasteiger partial charge in [-0.3, -0.25) is 4.79 Å². The molecule has 1 aliphatic heterocycles. The van der Waals surface area contributed by atoms with Crippen LogP contribution in [0.4, 0.5) is 4.39 Å². The van der Waals surface area contributed by atoms with E-state index in [2.05, 4.69) is 0 Å². The summed E-state index contributed by atoms with van der Waals surface area (Å²) >= 11 is 6.08. The van der Waals surface area contributed by atoms with Crippen molar-refractivity contribution in [3.63, 3.8) is 0 Å². The smallest absolute Gasteiger partial charge is 0.228 e. The standard InChI is InChI=1S/C22H25ClFNO3/c1-13-15-6-4-7-18(22(2,3)28)16(15)10-14(12-26)25(13)21(27)11-17-19(23)8-5-9-20(17)24/h4-9,13-14,26,28H,10-12H2,1-3H3/t13-,14+/m0/s1. The van der Waals surface area contributed by atoms with Crippen molar-refractivity contribution in [1.82, 2.24) is 4.90 Å². The molecule has 2 aromatic carbocycles. The Balaban J connectivity index is 1.98. The molecule has 0 fully saturated rings. The molecule has 0 aliphatic carbocycles. The van der Waals surface area contributed by atoms with E-state index in [1.807, 2.05) is 25.1 Å². The summed E-state index contributed by atoms with van der Waals surface area (Å²) in [6.07, 6.45) is 0.250. The lowest BCUT2D eigenvalue weighted by molar-refractivity contribution is -0.137. The van der Waals surface area contributed by atoms with Crippen LogP contribution in [0.15, 0.2) is 36.4 Å². The van der Waals surface area contributed by atoms with Crippen molar-refractivity contribution in [3.05, 3.63) is 69.5 Å². The number of aliphatic hydroxyl groups excluding tert-OH is 1. The number of rotatable bonds is 4. The molecule has 2 atom stereocenters. The van der Waals surface area contributed by atoms with E-state index in [0.29, 0.717) is 6.42 Å². The number of benzene rings is 2. The summed E-state index contributed by atoms with van der Waals surface area (Å²) in [5, 5.41) is 20.7. The number of hydrogen-bond donors (Lipinski definition) is 2.